The van der Waals surface area contributed by atoms with E-state index in [0.717, 1.165) is 0 Å². The van der Waals surface area contributed by atoms with Crippen molar-refractivity contribution in [2.45, 2.75) is 31.0 Å². The molecule has 1 aliphatic heterocycles. The van der Waals surface area contributed by atoms with E-state index in [2.05, 4.69) is 0 Å². The molecule has 0 amide bonds. The first-order valence-electron chi connectivity index (χ1n) is 4.44. The molecule has 1 aliphatic rings. The molecule has 0 radical (unpaired) electrons. The van der Waals surface area contributed by atoms with Gasteiger partial charge in [0.25, 0.3) is 0 Å². The van der Waals surface area contributed by atoms with Crippen molar-refractivity contribution in [3.05, 3.63) is 10.8 Å². The Balaban J connectivity index is 2.37. The van der Waals surface area contributed by atoms with Crippen LogP contribution < -0.4 is 0 Å². The molecule has 14 heavy (non-hydrogen) atoms. The summed E-state index contributed by atoms with van der Waals surface area (Å²) in [6.07, 6.45) is -3.44. The fraction of sp³-hybridized carbons (Fsp3) is 0.778. The summed E-state index contributed by atoms with van der Waals surface area (Å²) in [5.74, 6) is -1.51. The Bertz CT molecular complexity index is 205. The molecule has 2 atom stereocenters. The van der Waals surface area contributed by atoms with Gasteiger partial charge in [0.2, 0.25) is 0 Å². The second-order valence-electron chi connectivity index (χ2n) is 3.52. The summed E-state index contributed by atoms with van der Waals surface area (Å²) < 4.78 is 37.3. The van der Waals surface area contributed by atoms with E-state index in [1.807, 2.05) is 10.8 Å². The average molecular weight is 242 g/mol. The van der Waals surface area contributed by atoms with Gasteiger partial charge in [0, 0.05) is 0 Å². The minimum absolute atomic E-state index is 0.273. The zero-order valence-corrected chi connectivity index (χ0v) is 9.68. The van der Waals surface area contributed by atoms with Gasteiger partial charge in [-0.05, 0) is 23.2 Å². The van der Waals surface area contributed by atoms with Crippen LogP contribution in [0.25, 0.3) is 0 Å². The maximum atomic E-state index is 12.3. The fourth-order valence-corrected chi connectivity index (χ4v) is 3.55. The molecule has 0 nitrogen and oxygen atoms in total. The van der Waals surface area contributed by atoms with Crippen LogP contribution >= 0.6 is 23.5 Å². The standard InChI is InChI=1S/C9H13F3S2/c1-6(7(2)9(10,11)12)5-8-13-3-4-14-8/h3-4,6-8H,5H2,1-2H3. The van der Waals surface area contributed by atoms with Gasteiger partial charge < -0.3 is 0 Å². The van der Waals surface area contributed by atoms with Crippen molar-refractivity contribution in [3.63, 3.8) is 0 Å². The summed E-state index contributed by atoms with van der Waals surface area (Å²) in [6.45, 7) is 2.94. The molecule has 82 valence electrons. The Hall–Kier alpha value is 0.230. The molecule has 2 unspecified atom stereocenters. The molecule has 1 heterocycles. The van der Waals surface area contributed by atoms with Crippen LogP contribution in [0, 0.1) is 11.8 Å². The summed E-state index contributed by atoms with van der Waals surface area (Å²) in [5.41, 5.74) is 0. The van der Waals surface area contributed by atoms with Gasteiger partial charge in [0.15, 0.2) is 0 Å². The molecule has 0 aromatic rings. The van der Waals surface area contributed by atoms with E-state index >= 15 is 0 Å². The van der Waals surface area contributed by atoms with E-state index in [0.29, 0.717) is 6.42 Å². The van der Waals surface area contributed by atoms with E-state index in [9.17, 15) is 13.2 Å². The Labute approximate surface area is 90.7 Å². The predicted molar refractivity (Wildman–Crippen MR) is 57.1 cm³/mol. The minimum atomic E-state index is -4.05. The van der Waals surface area contributed by atoms with Crippen LogP contribution in [0.4, 0.5) is 13.2 Å². The molecule has 0 aliphatic carbocycles. The average Bonchev–Trinajstić information content (AvgIpc) is 2.53. The lowest BCUT2D eigenvalue weighted by Gasteiger charge is -2.24. The molecule has 0 fully saturated rings. The smallest absolute Gasteiger partial charge is 0.171 e. The van der Waals surface area contributed by atoms with Crippen molar-refractivity contribution in [1.82, 2.24) is 0 Å². The third kappa shape index (κ3) is 3.42. The third-order valence-corrected chi connectivity index (χ3v) is 4.87. The largest absolute Gasteiger partial charge is 0.391 e. The third-order valence-electron chi connectivity index (χ3n) is 2.45. The maximum absolute atomic E-state index is 12.3. The Morgan fingerprint density at radius 3 is 2.14 bits per heavy atom. The molecule has 0 aromatic heterocycles. The topological polar surface area (TPSA) is 0 Å². The van der Waals surface area contributed by atoms with Crippen molar-refractivity contribution in [1.29, 1.82) is 0 Å². The van der Waals surface area contributed by atoms with Crippen LogP contribution in [-0.2, 0) is 0 Å². The van der Waals surface area contributed by atoms with E-state index in [1.165, 1.54) is 6.92 Å². The number of hydrogen-bond acceptors (Lipinski definition) is 2. The molecule has 0 aromatic carbocycles. The van der Waals surface area contributed by atoms with Gasteiger partial charge in [-0.15, -0.1) is 23.5 Å². The van der Waals surface area contributed by atoms with Gasteiger partial charge in [-0.2, -0.15) is 13.2 Å². The van der Waals surface area contributed by atoms with Gasteiger partial charge in [0.1, 0.15) is 0 Å². The van der Waals surface area contributed by atoms with Crippen molar-refractivity contribution in [3.8, 4) is 0 Å². The highest BCUT2D eigenvalue weighted by Crippen LogP contribution is 2.41. The molecule has 1 rings (SSSR count). The van der Waals surface area contributed by atoms with Crippen molar-refractivity contribution in [2.75, 3.05) is 0 Å². The predicted octanol–water partition coefficient (Wildman–Crippen LogP) is 4.49. The normalized spacial score (nSPS) is 22.6. The number of thioether (sulfide) groups is 2. The first-order valence-corrected chi connectivity index (χ1v) is 6.32. The van der Waals surface area contributed by atoms with Crippen LogP contribution in [0.1, 0.15) is 20.3 Å². The van der Waals surface area contributed by atoms with Crippen LogP contribution in [-0.4, -0.2) is 10.8 Å². The summed E-state index contributed by atoms with van der Waals surface area (Å²) in [6, 6.07) is 0. The van der Waals surface area contributed by atoms with Gasteiger partial charge in [-0.3, -0.25) is 0 Å². The lowest BCUT2D eigenvalue weighted by Crippen LogP contribution is -2.27. The fourth-order valence-electron chi connectivity index (χ4n) is 1.21. The second kappa shape index (κ2) is 4.84. The van der Waals surface area contributed by atoms with E-state index in [4.69, 9.17) is 0 Å². The lowest BCUT2D eigenvalue weighted by atomic mass is 9.93. The molecule has 0 saturated heterocycles. The quantitative estimate of drug-likeness (QED) is 0.715. The second-order valence-corrected chi connectivity index (χ2v) is 6.04. The first kappa shape index (κ1) is 12.3. The van der Waals surface area contributed by atoms with Gasteiger partial charge in [-0.1, -0.05) is 13.8 Å². The Morgan fingerprint density at radius 2 is 1.71 bits per heavy atom. The maximum Gasteiger partial charge on any atom is 0.391 e. The number of halogens is 3. The highest BCUT2D eigenvalue weighted by atomic mass is 32.2. The summed E-state index contributed by atoms with van der Waals surface area (Å²) >= 11 is 3.23. The SMILES string of the molecule is CC(CC1SC=CS1)C(C)C(F)(F)F. The Morgan fingerprint density at radius 1 is 1.21 bits per heavy atom. The van der Waals surface area contributed by atoms with Crippen molar-refractivity contribution >= 4 is 23.5 Å². The molecule has 5 heteroatoms. The molecular formula is C9H13F3S2. The molecule has 0 spiro atoms. The monoisotopic (exact) mass is 242 g/mol. The van der Waals surface area contributed by atoms with Crippen LogP contribution in [0.5, 0.6) is 0 Å². The number of hydrogen-bond donors (Lipinski definition) is 0. The minimum Gasteiger partial charge on any atom is -0.171 e. The zero-order chi connectivity index (χ0) is 10.8. The molecular weight excluding hydrogens is 229 g/mol. The van der Waals surface area contributed by atoms with Gasteiger partial charge in [-0.25, -0.2) is 0 Å². The summed E-state index contributed by atoms with van der Waals surface area (Å²) in [7, 11) is 0. The van der Waals surface area contributed by atoms with E-state index in [-0.39, 0.29) is 10.5 Å². The number of alkyl halides is 3. The van der Waals surface area contributed by atoms with Crippen LogP contribution in [0.3, 0.4) is 0 Å². The van der Waals surface area contributed by atoms with Crippen molar-refractivity contribution < 1.29 is 13.2 Å². The summed E-state index contributed by atoms with van der Waals surface area (Å²) in [5, 5.41) is 3.89. The Kier molecular flexibility index (Phi) is 4.25. The van der Waals surface area contributed by atoms with E-state index in [1.54, 1.807) is 30.4 Å². The lowest BCUT2D eigenvalue weighted by molar-refractivity contribution is -0.182. The van der Waals surface area contributed by atoms with Crippen LogP contribution in [0.2, 0.25) is 0 Å². The highest BCUT2D eigenvalue weighted by Gasteiger charge is 2.40. The molecule has 0 saturated carbocycles. The highest BCUT2D eigenvalue weighted by molar-refractivity contribution is 8.22. The molecule has 0 bridgehead atoms. The number of rotatable bonds is 3. The molecule has 0 N–H and O–H groups in total. The zero-order valence-electron chi connectivity index (χ0n) is 8.04. The van der Waals surface area contributed by atoms with Gasteiger partial charge in [0.05, 0.1) is 10.5 Å². The first-order chi connectivity index (χ1) is 6.41. The van der Waals surface area contributed by atoms with Crippen LogP contribution in [0.15, 0.2) is 10.8 Å². The van der Waals surface area contributed by atoms with Crippen molar-refractivity contribution in [2.24, 2.45) is 11.8 Å². The van der Waals surface area contributed by atoms with E-state index < -0.39 is 12.1 Å². The summed E-state index contributed by atoms with van der Waals surface area (Å²) in [4.78, 5) is 0. The van der Waals surface area contributed by atoms with Gasteiger partial charge >= 0.3 is 6.18 Å².